The molecule has 0 aliphatic rings. The summed E-state index contributed by atoms with van der Waals surface area (Å²) in [5, 5.41) is 0. The molecule has 0 unspecified atom stereocenters. The largest absolute Gasteiger partial charge is 0.226 e. The molecule has 0 fully saturated rings. The van der Waals surface area contributed by atoms with Gasteiger partial charge in [-0.25, -0.2) is 0 Å². The predicted octanol–water partition coefficient (Wildman–Crippen LogP) is 6.63. The summed E-state index contributed by atoms with van der Waals surface area (Å²) in [4.78, 5) is 0. The minimum Gasteiger partial charge on any atom is -0.0930 e. The lowest BCUT2D eigenvalue weighted by atomic mass is 10.0. The summed E-state index contributed by atoms with van der Waals surface area (Å²) < 4.78 is -5.83. The second-order valence-corrected chi connectivity index (χ2v) is 8.90. The normalized spacial score (nSPS) is 13.7. The summed E-state index contributed by atoms with van der Waals surface area (Å²) in [5.41, 5.74) is 1.46. The second-order valence-electron chi connectivity index (χ2n) is 3.96. The van der Waals surface area contributed by atoms with Gasteiger partial charge < -0.3 is 0 Å². The van der Waals surface area contributed by atoms with Crippen LogP contribution in [0.5, 0.6) is 0 Å². The van der Waals surface area contributed by atoms with Gasteiger partial charge in [0.05, 0.1) is 0 Å². The molecule has 0 nitrogen and oxygen atoms in total. The van der Waals surface area contributed by atoms with Gasteiger partial charge in [-0.2, -0.15) is 0 Å². The molecule has 0 aromatic heterocycles. The number of halogens is 7. The molecule has 1 radical (unpaired) electrons. The van der Waals surface area contributed by atoms with Crippen LogP contribution in [-0.4, -0.2) is 8.13 Å². The monoisotopic (exact) mass is 399 g/mol. The van der Waals surface area contributed by atoms with Gasteiger partial charge in [0.2, 0.25) is 8.13 Å². The lowest BCUT2D eigenvalue weighted by Gasteiger charge is -2.38. The molecular formula is C12H10Cl7. The van der Waals surface area contributed by atoms with Crippen molar-refractivity contribution in [2.45, 2.75) is 25.8 Å². The molecule has 0 bridgehead atoms. The fourth-order valence-corrected chi connectivity index (χ4v) is 2.94. The Hall–Kier alpha value is 1.25. The van der Waals surface area contributed by atoms with Crippen molar-refractivity contribution in [1.29, 1.82) is 0 Å². The van der Waals surface area contributed by atoms with Crippen molar-refractivity contribution in [3.05, 3.63) is 41.8 Å². The van der Waals surface area contributed by atoms with Crippen LogP contribution in [0.15, 0.2) is 24.3 Å². The smallest absolute Gasteiger partial charge is 0.0930 e. The van der Waals surface area contributed by atoms with E-state index in [1.165, 1.54) is 0 Å². The van der Waals surface area contributed by atoms with Crippen LogP contribution in [0.25, 0.3) is 0 Å². The maximum atomic E-state index is 6.25. The highest BCUT2D eigenvalue weighted by Gasteiger charge is 2.60. The predicted molar refractivity (Wildman–Crippen MR) is 88.2 cm³/mol. The average molecular weight is 402 g/mol. The molecule has 0 heterocycles. The van der Waals surface area contributed by atoms with Gasteiger partial charge in [-0.3, -0.25) is 0 Å². The Bertz CT molecular complexity index is 434. The Morgan fingerprint density at radius 1 is 1.00 bits per heavy atom. The lowest BCUT2D eigenvalue weighted by molar-refractivity contribution is 0.698. The number of alkyl halides is 7. The van der Waals surface area contributed by atoms with E-state index in [1.807, 2.05) is 19.4 Å². The van der Waals surface area contributed by atoms with Gasteiger partial charge in [-0.05, 0) is 24.0 Å². The SMILES string of the molecule is C[CH]Cc1cccc(C(Cl)(Cl)C(Cl)(Cl)C(Cl)(Cl)Cl)c1. The number of rotatable bonds is 4. The van der Waals surface area contributed by atoms with Crippen molar-refractivity contribution < 1.29 is 0 Å². The summed E-state index contributed by atoms with van der Waals surface area (Å²) in [6.07, 6.45) is 2.75. The first-order valence-corrected chi connectivity index (χ1v) is 7.88. The Balaban J connectivity index is 3.23. The van der Waals surface area contributed by atoms with Crippen LogP contribution >= 0.6 is 81.2 Å². The van der Waals surface area contributed by atoms with E-state index < -0.39 is 12.5 Å². The zero-order chi connectivity index (χ0) is 14.9. The molecule has 1 aromatic carbocycles. The molecule has 107 valence electrons. The van der Waals surface area contributed by atoms with Gasteiger partial charge >= 0.3 is 0 Å². The maximum Gasteiger partial charge on any atom is 0.226 e. The van der Waals surface area contributed by atoms with E-state index in [-0.39, 0.29) is 0 Å². The maximum absolute atomic E-state index is 6.25. The number of benzene rings is 1. The molecule has 0 aliphatic carbocycles. The molecule has 1 rings (SSSR count). The van der Waals surface area contributed by atoms with E-state index in [4.69, 9.17) is 81.2 Å². The Morgan fingerprint density at radius 3 is 2.05 bits per heavy atom. The summed E-state index contributed by atoms with van der Waals surface area (Å²) in [6.45, 7) is 1.94. The molecule has 7 heteroatoms. The van der Waals surface area contributed by atoms with E-state index in [2.05, 4.69) is 0 Å². The van der Waals surface area contributed by atoms with Crippen molar-refractivity contribution in [2.75, 3.05) is 0 Å². The van der Waals surface area contributed by atoms with Crippen molar-refractivity contribution in [1.82, 2.24) is 0 Å². The van der Waals surface area contributed by atoms with E-state index in [0.29, 0.717) is 5.56 Å². The van der Waals surface area contributed by atoms with Crippen molar-refractivity contribution in [3.63, 3.8) is 0 Å². The summed E-state index contributed by atoms with van der Waals surface area (Å²) >= 11 is 41.9. The highest BCUT2D eigenvalue weighted by atomic mass is 35.6. The van der Waals surface area contributed by atoms with Crippen molar-refractivity contribution in [3.8, 4) is 0 Å². The van der Waals surface area contributed by atoms with Crippen LogP contribution in [0.3, 0.4) is 0 Å². The fourth-order valence-electron chi connectivity index (χ4n) is 1.49. The van der Waals surface area contributed by atoms with Crippen molar-refractivity contribution >= 4 is 81.2 Å². The third-order valence-electron chi connectivity index (χ3n) is 2.48. The first-order valence-electron chi connectivity index (χ1n) is 5.23. The van der Waals surface area contributed by atoms with Crippen LogP contribution in [0.2, 0.25) is 0 Å². The van der Waals surface area contributed by atoms with Gasteiger partial charge in [-0.15, -0.1) is 0 Å². The highest BCUT2D eigenvalue weighted by Crippen LogP contribution is 2.60. The first kappa shape index (κ1) is 18.3. The third kappa shape index (κ3) is 3.92. The van der Waals surface area contributed by atoms with E-state index in [9.17, 15) is 0 Å². The second kappa shape index (κ2) is 6.57. The molecule has 0 aliphatic heterocycles. The fraction of sp³-hybridized carbons (Fsp3) is 0.417. The molecule has 0 amide bonds. The standard InChI is InChI=1S/C12H10Cl7/c1-2-4-8-5-3-6-9(7-8)10(13,14)11(15,16)12(17,18)19/h2-3,5-7H,4H2,1H3. The topological polar surface area (TPSA) is 0 Å². The summed E-state index contributed by atoms with van der Waals surface area (Å²) in [5.74, 6) is 0. The Morgan fingerprint density at radius 2 is 1.58 bits per heavy atom. The third-order valence-corrected chi connectivity index (χ3v) is 6.43. The van der Waals surface area contributed by atoms with Crippen LogP contribution in [0, 0.1) is 6.42 Å². The van der Waals surface area contributed by atoms with Gasteiger partial charge in [0.25, 0.3) is 0 Å². The Labute approximate surface area is 148 Å². The van der Waals surface area contributed by atoms with E-state index in [0.717, 1.165) is 12.0 Å². The van der Waals surface area contributed by atoms with Crippen LogP contribution < -0.4 is 0 Å². The molecule has 1 aromatic rings. The summed E-state index contributed by atoms with van der Waals surface area (Å²) in [6, 6.07) is 7.16. The average Bonchev–Trinajstić information content (AvgIpc) is 2.28. The van der Waals surface area contributed by atoms with E-state index in [1.54, 1.807) is 18.2 Å². The van der Waals surface area contributed by atoms with Crippen molar-refractivity contribution in [2.24, 2.45) is 0 Å². The summed E-state index contributed by atoms with van der Waals surface area (Å²) in [7, 11) is 0. The van der Waals surface area contributed by atoms with Crippen LogP contribution in [0.4, 0.5) is 0 Å². The van der Waals surface area contributed by atoms with Gasteiger partial charge in [0.15, 0.2) is 4.33 Å². The molecule has 0 saturated heterocycles. The molecule has 19 heavy (non-hydrogen) atoms. The molecule has 0 N–H and O–H groups in total. The Kier molecular flexibility index (Phi) is 6.32. The van der Waals surface area contributed by atoms with Gasteiger partial charge in [0.1, 0.15) is 0 Å². The highest BCUT2D eigenvalue weighted by molar-refractivity contribution is 6.78. The molecule has 0 spiro atoms. The van der Waals surface area contributed by atoms with Gasteiger partial charge in [0, 0.05) is 0 Å². The minimum atomic E-state index is -2.05. The number of hydrogen-bond donors (Lipinski definition) is 0. The lowest BCUT2D eigenvalue weighted by Crippen LogP contribution is -2.45. The first-order chi connectivity index (χ1) is 8.54. The quantitative estimate of drug-likeness (QED) is 0.496. The zero-order valence-electron chi connectivity index (χ0n) is 9.74. The van der Waals surface area contributed by atoms with Crippen LogP contribution in [0.1, 0.15) is 18.1 Å². The van der Waals surface area contributed by atoms with Gasteiger partial charge in [-0.1, -0.05) is 112 Å². The van der Waals surface area contributed by atoms with E-state index >= 15 is 0 Å². The minimum absolute atomic E-state index is 0.464. The molecule has 0 atom stereocenters. The molecular weight excluding hydrogens is 392 g/mol. The zero-order valence-corrected chi connectivity index (χ0v) is 15.0. The number of hydrogen-bond acceptors (Lipinski definition) is 0. The molecule has 0 saturated carbocycles. The van der Waals surface area contributed by atoms with Crippen LogP contribution in [-0.2, 0) is 10.8 Å².